The zero-order valence-corrected chi connectivity index (χ0v) is 13.1. The summed E-state index contributed by atoms with van der Waals surface area (Å²) in [7, 11) is 1.75. The van der Waals surface area contributed by atoms with Crippen LogP contribution in [0.1, 0.15) is 43.4 Å². The standard InChI is InChI=1S/C17H23N3O2/c1-12(14-6-3-5-13(9-14)10-18)19-17(22)20(2)11-15-7-4-8-16(15)21/h3,5-6,9,12,15-16,21H,4,7-8,11H2,1-2H3,(H,19,22)/t12-,15+,16+/m0/s1. The molecule has 3 atom stereocenters. The molecule has 1 aliphatic rings. The summed E-state index contributed by atoms with van der Waals surface area (Å²) in [6.45, 7) is 2.46. The number of urea groups is 1. The number of nitrogens with zero attached hydrogens (tertiary/aromatic N) is 2. The van der Waals surface area contributed by atoms with Crippen LogP contribution in [0.3, 0.4) is 0 Å². The Hall–Kier alpha value is -2.06. The highest BCUT2D eigenvalue weighted by atomic mass is 16.3. The van der Waals surface area contributed by atoms with E-state index in [0.717, 1.165) is 24.8 Å². The van der Waals surface area contributed by atoms with Crippen molar-refractivity contribution in [2.45, 2.75) is 38.3 Å². The molecule has 0 unspecified atom stereocenters. The summed E-state index contributed by atoms with van der Waals surface area (Å²) in [6.07, 6.45) is 2.54. The largest absolute Gasteiger partial charge is 0.393 e. The molecule has 1 aromatic carbocycles. The smallest absolute Gasteiger partial charge is 0.317 e. The maximum atomic E-state index is 12.2. The molecular formula is C17H23N3O2. The minimum Gasteiger partial charge on any atom is -0.393 e. The first kappa shape index (κ1) is 16.3. The summed E-state index contributed by atoms with van der Waals surface area (Å²) < 4.78 is 0. The Bertz CT molecular complexity index is 567. The number of hydrogen-bond donors (Lipinski definition) is 2. The van der Waals surface area contributed by atoms with Crippen LogP contribution in [-0.4, -0.2) is 35.7 Å². The van der Waals surface area contributed by atoms with E-state index in [0.29, 0.717) is 12.1 Å². The Labute approximate surface area is 131 Å². The van der Waals surface area contributed by atoms with Crippen molar-refractivity contribution in [3.05, 3.63) is 35.4 Å². The van der Waals surface area contributed by atoms with E-state index in [4.69, 9.17) is 5.26 Å². The van der Waals surface area contributed by atoms with Crippen LogP contribution in [0.5, 0.6) is 0 Å². The lowest BCUT2D eigenvalue weighted by Crippen LogP contribution is -2.42. The lowest BCUT2D eigenvalue weighted by Gasteiger charge is -2.25. The van der Waals surface area contributed by atoms with Crippen molar-refractivity contribution in [2.75, 3.05) is 13.6 Å². The van der Waals surface area contributed by atoms with Crippen LogP contribution in [-0.2, 0) is 0 Å². The van der Waals surface area contributed by atoms with Gasteiger partial charge in [-0.25, -0.2) is 4.79 Å². The lowest BCUT2D eigenvalue weighted by atomic mass is 10.1. The third-order valence-corrected chi connectivity index (χ3v) is 4.33. The van der Waals surface area contributed by atoms with Crippen LogP contribution >= 0.6 is 0 Å². The number of nitriles is 1. The molecule has 1 aliphatic carbocycles. The SMILES string of the molecule is C[C@H](NC(=O)N(C)C[C@H]1CCC[C@H]1O)c1cccc(C#N)c1. The summed E-state index contributed by atoms with van der Waals surface area (Å²) in [6, 6.07) is 9.01. The van der Waals surface area contributed by atoms with Crippen molar-refractivity contribution in [3.8, 4) is 6.07 Å². The molecule has 0 aromatic heterocycles. The zero-order valence-electron chi connectivity index (χ0n) is 13.1. The van der Waals surface area contributed by atoms with Crippen molar-refractivity contribution < 1.29 is 9.90 Å². The zero-order chi connectivity index (χ0) is 16.1. The first-order valence-electron chi connectivity index (χ1n) is 7.71. The maximum absolute atomic E-state index is 12.2. The molecule has 1 aromatic rings. The van der Waals surface area contributed by atoms with E-state index in [1.54, 1.807) is 24.1 Å². The summed E-state index contributed by atoms with van der Waals surface area (Å²) in [4.78, 5) is 13.9. The number of hydrogen-bond acceptors (Lipinski definition) is 3. The third kappa shape index (κ3) is 3.99. The van der Waals surface area contributed by atoms with Crippen LogP contribution in [0.4, 0.5) is 4.79 Å². The second-order valence-electron chi connectivity index (χ2n) is 6.05. The second-order valence-corrected chi connectivity index (χ2v) is 6.05. The van der Waals surface area contributed by atoms with E-state index in [1.807, 2.05) is 19.1 Å². The topological polar surface area (TPSA) is 76.4 Å². The molecule has 1 fully saturated rings. The monoisotopic (exact) mass is 301 g/mol. The molecule has 5 nitrogen and oxygen atoms in total. The fraction of sp³-hybridized carbons (Fsp3) is 0.529. The molecule has 22 heavy (non-hydrogen) atoms. The molecule has 0 bridgehead atoms. The predicted molar refractivity (Wildman–Crippen MR) is 84.1 cm³/mol. The van der Waals surface area contributed by atoms with Crippen LogP contribution in [0, 0.1) is 17.2 Å². The third-order valence-electron chi connectivity index (χ3n) is 4.33. The Kier molecular flexibility index (Phi) is 5.40. The Morgan fingerprint density at radius 2 is 2.32 bits per heavy atom. The van der Waals surface area contributed by atoms with Crippen molar-refractivity contribution >= 4 is 6.03 Å². The first-order chi connectivity index (χ1) is 10.5. The summed E-state index contributed by atoms with van der Waals surface area (Å²) in [5, 5.41) is 21.7. The fourth-order valence-electron chi connectivity index (χ4n) is 2.92. The molecule has 5 heteroatoms. The average Bonchev–Trinajstić information content (AvgIpc) is 2.92. The van der Waals surface area contributed by atoms with Gasteiger partial charge in [-0.15, -0.1) is 0 Å². The molecule has 2 rings (SSSR count). The number of aliphatic hydroxyl groups is 1. The van der Waals surface area contributed by atoms with Crippen LogP contribution in [0.2, 0.25) is 0 Å². The number of carbonyl (C=O) groups is 1. The highest BCUT2D eigenvalue weighted by Gasteiger charge is 2.27. The first-order valence-corrected chi connectivity index (χ1v) is 7.71. The Balaban J connectivity index is 1.91. The van der Waals surface area contributed by atoms with Gasteiger partial charge in [-0.1, -0.05) is 18.6 Å². The van der Waals surface area contributed by atoms with E-state index < -0.39 is 0 Å². The van der Waals surface area contributed by atoms with Gasteiger partial charge in [0, 0.05) is 19.5 Å². The maximum Gasteiger partial charge on any atom is 0.317 e. The molecular weight excluding hydrogens is 278 g/mol. The fourth-order valence-corrected chi connectivity index (χ4v) is 2.92. The number of aliphatic hydroxyl groups excluding tert-OH is 1. The molecule has 0 aliphatic heterocycles. The molecule has 0 saturated heterocycles. The minimum absolute atomic E-state index is 0.158. The Morgan fingerprint density at radius 1 is 1.55 bits per heavy atom. The molecule has 2 N–H and O–H groups in total. The van der Waals surface area contributed by atoms with Gasteiger partial charge < -0.3 is 15.3 Å². The van der Waals surface area contributed by atoms with Crippen molar-refractivity contribution in [3.63, 3.8) is 0 Å². The highest BCUT2D eigenvalue weighted by molar-refractivity contribution is 5.74. The van der Waals surface area contributed by atoms with E-state index in [-0.39, 0.29) is 24.1 Å². The molecule has 2 amide bonds. The lowest BCUT2D eigenvalue weighted by molar-refractivity contribution is 0.113. The average molecular weight is 301 g/mol. The number of carbonyl (C=O) groups excluding carboxylic acids is 1. The predicted octanol–water partition coefficient (Wildman–Crippen LogP) is 2.42. The molecule has 1 saturated carbocycles. The van der Waals surface area contributed by atoms with Gasteiger partial charge in [0.1, 0.15) is 0 Å². The molecule has 118 valence electrons. The van der Waals surface area contributed by atoms with E-state index in [9.17, 15) is 9.90 Å². The van der Waals surface area contributed by atoms with Crippen LogP contribution in [0.15, 0.2) is 24.3 Å². The second kappa shape index (κ2) is 7.28. The minimum atomic E-state index is -0.292. The van der Waals surface area contributed by atoms with E-state index in [1.165, 1.54) is 0 Å². The van der Waals surface area contributed by atoms with Gasteiger partial charge in [-0.3, -0.25) is 0 Å². The Morgan fingerprint density at radius 3 is 2.95 bits per heavy atom. The highest BCUT2D eigenvalue weighted by Crippen LogP contribution is 2.26. The van der Waals surface area contributed by atoms with Gasteiger partial charge in [0.25, 0.3) is 0 Å². The van der Waals surface area contributed by atoms with Crippen LogP contribution < -0.4 is 5.32 Å². The summed E-state index contributed by atoms with van der Waals surface area (Å²) >= 11 is 0. The number of benzene rings is 1. The number of rotatable bonds is 4. The summed E-state index contributed by atoms with van der Waals surface area (Å²) in [5.41, 5.74) is 1.49. The van der Waals surface area contributed by atoms with Gasteiger partial charge in [-0.2, -0.15) is 5.26 Å². The number of nitrogens with one attached hydrogen (secondary N) is 1. The quantitative estimate of drug-likeness (QED) is 0.896. The van der Waals surface area contributed by atoms with E-state index in [2.05, 4.69) is 11.4 Å². The normalized spacial score (nSPS) is 21.9. The van der Waals surface area contributed by atoms with Crippen LogP contribution in [0.25, 0.3) is 0 Å². The molecule has 0 heterocycles. The van der Waals surface area contributed by atoms with E-state index >= 15 is 0 Å². The van der Waals surface area contributed by atoms with Gasteiger partial charge in [0.15, 0.2) is 0 Å². The molecule has 0 radical (unpaired) electrons. The van der Waals surface area contributed by atoms with Crippen molar-refractivity contribution in [2.24, 2.45) is 5.92 Å². The van der Waals surface area contributed by atoms with Gasteiger partial charge >= 0.3 is 6.03 Å². The van der Waals surface area contributed by atoms with Crippen molar-refractivity contribution in [1.29, 1.82) is 5.26 Å². The van der Waals surface area contributed by atoms with Gasteiger partial charge in [-0.05, 0) is 37.5 Å². The van der Waals surface area contributed by atoms with Crippen molar-refractivity contribution in [1.82, 2.24) is 10.2 Å². The summed E-state index contributed by atoms with van der Waals surface area (Å²) in [5.74, 6) is 0.174. The number of amides is 2. The van der Waals surface area contributed by atoms with Gasteiger partial charge in [0.05, 0.1) is 23.8 Å². The van der Waals surface area contributed by atoms with Gasteiger partial charge in [0.2, 0.25) is 0 Å². The molecule has 0 spiro atoms.